The summed E-state index contributed by atoms with van der Waals surface area (Å²) in [6.45, 7) is 4.36. The molecule has 6 nitrogen and oxygen atoms in total. The van der Waals surface area contributed by atoms with Crippen molar-refractivity contribution >= 4 is 11.9 Å². The lowest BCUT2D eigenvalue weighted by Crippen LogP contribution is -2.40. The molecule has 18 heavy (non-hydrogen) atoms. The van der Waals surface area contributed by atoms with Gasteiger partial charge in [0.25, 0.3) is 0 Å². The van der Waals surface area contributed by atoms with Gasteiger partial charge in [0.05, 0.1) is 13.2 Å². The van der Waals surface area contributed by atoms with E-state index in [0.717, 1.165) is 25.5 Å². The molecule has 0 aliphatic carbocycles. The number of aliphatic imine (C=N–C) groups is 1. The molecule has 0 saturated carbocycles. The first-order chi connectivity index (χ1) is 8.79. The van der Waals surface area contributed by atoms with Gasteiger partial charge in [0.2, 0.25) is 5.76 Å². The molecule has 0 saturated heterocycles. The van der Waals surface area contributed by atoms with Crippen molar-refractivity contribution in [2.24, 2.45) is 4.99 Å². The fourth-order valence-electron chi connectivity index (χ4n) is 1.61. The molecule has 0 atom stereocenters. The highest BCUT2D eigenvalue weighted by Crippen LogP contribution is 2.09. The van der Waals surface area contributed by atoms with E-state index in [1.807, 2.05) is 0 Å². The minimum Gasteiger partial charge on any atom is -0.460 e. The summed E-state index contributed by atoms with van der Waals surface area (Å²) >= 11 is 0. The van der Waals surface area contributed by atoms with Crippen molar-refractivity contribution in [1.82, 2.24) is 10.6 Å². The maximum Gasteiger partial charge on any atom is 0.374 e. The fraction of sp³-hybridized carbons (Fsp3) is 0.500. The van der Waals surface area contributed by atoms with Gasteiger partial charge in [-0.2, -0.15) is 0 Å². The molecule has 0 bridgehead atoms. The molecule has 0 aromatic carbocycles. The molecule has 1 aliphatic rings. The van der Waals surface area contributed by atoms with Crippen LogP contribution in [-0.2, 0) is 11.3 Å². The summed E-state index contributed by atoms with van der Waals surface area (Å²) in [6, 6.07) is 3.37. The van der Waals surface area contributed by atoms with E-state index >= 15 is 0 Å². The Morgan fingerprint density at radius 3 is 3.22 bits per heavy atom. The average molecular weight is 251 g/mol. The maximum absolute atomic E-state index is 11.4. The zero-order chi connectivity index (χ0) is 12.8. The van der Waals surface area contributed by atoms with E-state index in [9.17, 15) is 4.79 Å². The Bertz CT molecular complexity index is 440. The van der Waals surface area contributed by atoms with E-state index in [-0.39, 0.29) is 5.76 Å². The van der Waals surface area contributed by atoms with Crippen molar-refractivity contribution in [1.29, 1.82) is 0 Å². The molecular formula is C12H17N3O3. The van der Waals surface area contributed by atoms with Gasteiger partial charge in [-0.05, 0) is 25.5 Å². The number of carbonyl (C=O) groups is 1. The van der Waals surface area contributed by atoms with Crippen LogP contribution < -0.4 is 10.6 Å². The number of rotatable bonds is 4. The summed E-state index contributed by atoms with van der Waals surface area (Å²) < 4.78 is 10.2. The summed E-state index contributed by atoms with van der Waals surface area (Å²) in [5.74, 6) is 1.24. The van der Waals surface area contributed by atoms with Crippen molar-refractivity contribution in [3.63, 3.8) is 0 Å². The van der Waals surface area contributed by atoms with Gasteiger partial charge in [-0.25, -0.2) is 4.79 Å². The lowest BCUT2D eigenvalue weighted by Gasteiger charge is -2.15. The van der Waals surface area contributed by atoms with Crippen LogP contribution in [0.5, 0.6) is 0 Å². The first-order valence-corrected chi connectivity index (χ1v) is 6.07. The van der Waals surface area contributed by atoms with Gasteiger partial charge in [0.15, 0.2) is 5.96 Å². The first kappa shape index (κ1) is 12.5. The van der Waals surface area contributed by atoms with Gasteiger partial charge in [-0.15, -0.1) is 0 Å². The van der Waals surface area contributed by atoms with Crippen LogP contribution in [0.25, 0.3) is 0 Å². The van der Waals surface area contributed by atoms with E-state index in [1.54, 1.807) is 19.1 Å². The molecule has 1 aliphatic heterocycles. The van der Waals surface area contributed by atoms with E-state index < -0.39 is 5.97 Å². The monoisotopic (exact) mass is 251 g/mol. The second kappa shape index (κ2) is 6.09. The average Bonchev–Trinajstić information content (AvgIpc) is 2.87. The van der Waals surface area contributed by atoms with Crippen LogP contribution in [0.15, 0.2) is 21.5 Å². The predicted octanol–water partition coefficient (Wildman–Crippen LogP) is 0.895. The molecule has 1 aromatic heterocycles. The Morgan fingerprint density at radius 2 is 2.50 bits per heavy atom. The highest BCUT2D eigenvalue weighted by Gasteiger charge is 2.12. The van der Waals surface area contributed by atoms with Crippen molar-refractivity contribution < 1.29 is 13.9 Å². The largest absolute Gasteiger partial charge is 0.460 e. The number of guanidine groups is 1. The second-order valence-corrected chi connectivity index (χ2v) is 3.85. The van der Waals surface area contributed by atoms with E-state index in [2.05, 4.69) is 15.6 Å². The van der Waals surface area contributed by atoms with Gasteiger partial charge in [-0.3, -0.25) is 4.99 Å². The maximum atomic E-state index is 11.4. The summed E-state index contributed by atoms with van der Waals surface area (Å²) in [7, 11) is 0. The summed E-state index contributed by atoms with van der Waals surface area (Å²) in [5, 5.41) is 6.26. The van der Waals surface area contributed by atoms with Crippen LogP contribution in [0.2, 0.25) is 0 Å². The van der Waals surface area contributed by atoms with Gasteiger partial charge in [-0.1, -0.05) is 0 Å². The SMILES string of the molecule is CCOC(=O)c1ccc(CNC2=NCCCN2)o1. The number of furan rings is 1. The van der Waals surface area contributed by atoms with Crippen LogP contribution in [0.4, 0.5) is 0 Å². The van der Waals surface area contributed by atoms with E-state index in [0.29, 0.717) is 18.9 Å². The predicted molar refractivity (Wildman–Crippen MR) is 66.4 cm³/mol. The molecule has 2 heterocycles. The molecule has 2 N–H and O–H groups in total. The van der Waals surface area contributed by atoms with E-state index in [4.69, 9.17) is 9.15 Å². The standard InChI is InChI=1S/C12H17N3O3/c1-2-17-11(16)10-5-4-9(18-10)8-15-12-13-6-3-7-14-12/h4-5H,2-3,6-8H2,1H3,(H2,13,14,15). The summed E-state index contributed by atoms with van der Waals surface area (Å²) in [4.78, 5) is 15.7. The molecule has 6 heteroatoms. The third-order valence-corrected chi connectivity index (χ3v) is 2.47. The Balaban J connectivity index is 1.86. The minimum absolute atomic E-state index is 0.229. The third-order valence-electron chi connectivity index (χ3n) is 2.47. The summed E-state index contributed by atoms with van der Waals surface area (Å²) in [5.41, 5.74) is 0. The molecule has 0 spiro atoms. The third kappa shape index (κ3) is 3.26. The second-order valence-electron chi connectivity index (χ2n) is 3.85. The van der Waals surface area contributed by atoms with E-state index in [1.165, 1.54) is 0 Å². The first-order valence-electron chi connectivity index (χ1n) is 6.07. The van der Waals surface area contributed by atoms with Gasteiger partial charge < -0.3 is 19.8 Å². The van der Waals surface area contributed by atoms with Crippen molar-refractivity contribution in [2.45, 2.75) is 19.9 Å². The fourth-order valence-corrected chi connectivity index (χ4v) is 1.61. The molecule has 1 aromatic rings. The van der Waals surface area contributed by atoms with Gasteiger partial charge >= 0.3 is 5.97 Å². The molecule has 98 valence electrons. The molecule has 0 unspecified atom stereocenters. The molecule has 0 fully saturated rings. The smallest absolute Gasteiger partial charge is 0.374 e. The lowest BCUT2D eigenvalue weighted by atomic mass is 10.4. The highest BCUT2D eigenvalue weighted by molar-refractivity contribution is 5.86. The normalized spacial score (nSPS) is 14.6. The Hall–Kier alpha value is -1.98. The number of carbonyl (C=O) groups excluding carboxylic acids is 1. The zero-order valence-corrected chi connectivity index (χ0v) is 10.4. The topological polar surface area (TPSA) is 75.9 Å². The Kier molecular flexibility index (Phi) is 4.22. The number of nitrogens with one attached hydrogen (secondary N) is 2. The van der Waals surface area contributed by atoms with Crippen LogP contribution >= 0.6 is 0 Å². The summed E-state index contributed by atoms with van der Waals surface area (Å²) in [6.07, 6.45) is 1.05. The Labute approximate surface area is 105 Å². The van der Waals surface area contributed by atoms with Crippen molar-refractivity contribution in [3.05, 3.63) is 23.7 Å². The van der Waals surface area contributed by atoms with Crippen LogP contribution in [0.1, 0.15) is 29.7 Å². The highest BCUT2D eigenvalue weighted by atomic mass is 16.5. The minimum atomic E-state index is -0.433. The zero-order valence-electron chi connectivity index (χ0n) is 10.4. The van der Waals surface area contributed by atoms with Gasteiger partial charge in [0, 0.05) is 13.1 Å². The van der Waals surface area contributed by atoms with Crippen LogP contribution in [0, 0.1) is 0 Å². The molecule has 2 rings (SSSR count). The van der Waals surface area contributed by atoms with Crippen LogP contribution in [-0.4, -0.2) is 31.6 Å². The number of esters is 1. The van der Waals surface area contributed by atoms with Crippen molar-refractivity contribution in [3.8, 4) is 0 Å². The Morgan fingerprint density at radius 1 is 1.61 bits per heavy atom. The van der Waals surface area contributed by atoms with Crippen molar-refractivity contribution in [2.75, 3.05) is 19.7 Å². The molecular weight excluding hydrogens is 234 g/mol. The quantitative estimate of drug-likeness (QED) is 0.777. The number of ether oxygens (including phenoxy) is 1. The molecule has 0 radical (unpaired) electrons. The number of nitrogens with zero attached hydrogens (tertiary/aromatic N) is 1. The van der Waals surface area contributed by atoms with Gasteiger partial charge in [0.1, 0.15) is 5.76 Å². The lowest BCUT2D eigenvalue weighted by molar-refractivity contribution is 0.0488. The number of hydrogen-bond acceptors (Lipinski definition) is 6. The number of hydrogen-bond donors (Lipinski definition) is 2. The molecule has 0 amide bonds. The van der Waals surface area contributed by atoms with Crippen LogP contribution in [0.3, 0.4) is 0 Å².